The number of hydrogen-bond donors (Lipinski definition) is 2. The lowest BCUT2D eigenvalue weighted by atomic mass is 10.3. The van der Waals surface area contributed by atoms with E-state index in [-0.39, 0.29) is 0 Å². The van der Waals surface area contributed by atoms with Gasteiger partial charge in [-0.2, -0.15) is 0 Å². The third-order valence-corrected chi connectivity index (χ3v) is 2.27. The molecule has 2 rings (SSSR count). The largest absolute Gasteiger partial charge is 0.497 e. The number of methoxy groups -OCH3 is 1. The molecule has 0 radical (unpaired) electrons. The molecule has 1 aromatic heterocycles. The summed E-state index contributed by atoms with van der Waals surface area (Å²) in [5.41, 5.74) is 7.22. The van der Waals surface area contributed by atoms with Crippen LogP contribution in [0.5, 0.6) is 5.75 Å². The predicted octanol–water partition coefficient (Wildman–Crippen LogP) is 1.69. The molecule has 1 aromatic carbocycles. The van der Waals surface area contributed by atoms with Crippen molar-refractivity contribution in [3.8, 4) is 5.75 Å². The number of benzene rings is 1. The summed E-state index contributed by atoms with van der Waals surface area (Å²) in [5.74, 6) is 1.35. The van der Waals surface area contributed by atoms with Crippen LogP contribution in [0, 0.1) is 0 Å². The molecule has 17 heavy (non-hydrogen) atoms. The third kappa shape index (κ3) is 2.92. The van der Waals surface area contributed by atoms with Crippen molar-refractivity contribution in [2.24, 2.45) is 5.73 Å². The van der Waals surface area contributed by atoms with E-state index in [1.54, 1.807) is 19.4 Å². The highest BCUT2D eigenvalue weighted by Gasteiger charge is 1.99. The lowest BCUT2D eigenvalue weighted by Crippen LogP contribution is -2.03. The van der Waals surface area contributed by atoms with Crippen molar-refractivity contribution in [2.45, 2.75) is 6.54 Å². The SMILES string of the molecule is COc1ccc(Nc2nccc(CN)n2)cc1. The Bertz CT molecular complexity index is 484. The van der Waals surface area contributed by atoms with E-state index in [9.17, 15) is 0 Å². The second kappa shape index (κ2) is 5.27. The maximum Gasteiger partial charge on any atom is 0.227 e. The summed E-state index contributed by atoms with van der Waals surface area (Å²) < 4.78 is 5.08. The molecule has 0 saturated heterocycles. The maximum absolute atomic E-state index is 5.52. The number of nitrogens with zero attached hydrogens (tertiary/aromatic N) is 2. The van der Waals surface area contributed by atoms with E-state index in [1.165, 1.54) is 0 Å². The van der Waals surface area contributed by atoms with Gasteiger partial charge in [-0.3, -0.25) is 0 Å². The Morgan fingerprint density at radius 2 is 2.00 bits per heavy atom. The van der Waals surface area contributed by atoms with E-state index < -0.39 is 0 Å². The quantitative estimate of drug-likeness (QED) is 0.836. The van der Waals surface area contributed by atoms with Crippen molar-refractivity contribution in [1.82, 2.24) is 9.97 Å². The molecule has 5 heteroatoms. The maximum atomic E-state index is 5.52. The van der Waals surface area contributed by atoms with Gasteiger partial charge in [0.15, 0.2) is 0 Å². The van der Waals surface area contributed by atoms with Crippen LogP contribution in [-0.2, 0) is 6.54 Å². The van der Waals surface area contributed by atoms with E-state index in [2.05, 4.69) is 15.3 Å². The van der Waals surface area contributed by atoms with Gasteiger partial charge >= 0.3 is 0 Å². The molecule has 0 atom stereocenters. The summed E-state index contributed by atoms with van der Waals surface area (Å²) in [6.45, 7) is 0.403. The molecule has 0 unspecified atom stereocenters. The summed E-state index contributed by atoms with van der Waals surface area (Å²) in [4.78, 5) is 8.37. The molecule has 1 heterocycles. The van der Waals surface area contributed by atoms with Crippen molar-refractivity contribution in [2.75, 3.05) is 12.4 Å². The zero-order chi connectivity index (χ0) is 12.1. The first-order valence-corrected chi connectivity index (χ1v) is 5.25. The molecule has 0 amide bonds. The van der Waals surface area contributed by atoms with Gasteiger partial charge in [-0.15, -0.1) is 0 Å². The molecule has 0 bridgehead atoms. The standard InChI is InChI=1S/C12H14N4O/c1-17-11-4-2-9(3-5-11)15-12-14-7-6-10(8-13)16-12/h2-7H,8,13H2,1H3,(H,14,15,16). The Morgan fingerprint density at radius 3 is 2.65 bits per heavy atom. The molecule has 0 fully saturated rings. The van der Waals surface area contributed by atoms with Crippen LogP contribution in [0.25, 0.3) is 0 Å². The molecule has 0 aliphatic heterocycles. The molecule has 88 valence electrons. The Hall–Kier alpha value is -2.14. The molecule has 0 spiro atoms. The number of nitrogens with two attached hydrogens (primary N) is 1. The summed E-state index contributed by atoms with van der Waals surface area (Å²) >= 11 is 0. The second-order valence-electron chi connectivity index (χ2n) is 3.43. The minimum absolute atomic E-state index is 0.403. The number of aromatic nitrogens is 2. The van der Waals surface area contributed by atoms with Crippen molar-refractivity contribution < 1.29 is 4.74 Å². The molecule has 0 saturated carbocycles. The molecular weight excluding hydrogens is 216 g/mol. The van der Waals surface area contributed by atoms with E-state index in [0.29, 0.717) is 12.5 Å². The van der Waals surface area contributed by atoms with Crippen LogP contribution < -0.4 is 15.8 Å². The fourth-order valence-corrected chi connectivity index (χ4v) is 1.37. The van der Waals surface area contributed by atoms with Crippen LogP contribution in [0.4, 0.5) is 11.6 Å². The van der Waals surface area contributed by atoms with Crippen LogP contribution in [0.3, 0.4) is 0 Å². The van der Waals surface area contributed by atoms with Crippen LogP contribution in [0.2, 0.25) is 0 Å². The number of anilines is 2. The topological polar surface area (TPSA) is 73.1 Å². The Kier molecular flexibility index (Phi) is 3.52. The highest BCUT2D eigenvalue weighted by Crippen LogP contribution is 2.17. The lowest BCUT2D eigenvalue weighted by molar-refractivity contribution is 0.415. The average Bonchev–Trinajstić information content (AvgIpc) is 2.40. The smallest absolute Gasteiger partial charge is 0.227 e. The summed E-state index contributed by atoms with van der Waals surface area (Å²) in [6.07, 6.45) is 1.68. The van der Waals surface area contributed by atoms with Gasteiger partial charge in [-0.1, -0.05) is 0 Å². The van der Waals surface area contributed by atoms with Gasteiger partial charge in [-0.25, -0.2) is 9.97 Å². The van der Waals surface area contributed by atoms with Crippen molar-refractivity contribution in [3.05, 3.63) is 42.2 Å². The van der Waals surface area contributed by atoms with Gasteiger partial charge in [0.25, 0.3) is 0 Å². The first-order valence-electron chi connectivity index (χ1n) is 5.25. The highest BCUT2D eigenvalue weighted by molar-refractivity contribution is 5.54. The molecule has 0 aliphatic carbocycles. The fourth-order valence-electron chi connectivity index (χ4n) is 1.37. The fraction of sp³-hybridized carbons (Fsp3) is 0.167. The number of ether oxygens (including phenoxy) is 1. The Labute approximate surface area is 99.7 Å². The Balaban J connectivity index is 2.13. The van der Waals surface area contributed by atoms with Gasteiger partial charge in [0.2, 0.25) is 5.95 Å². The predicted molar refractivity (Wildman–Crippen MR) is 66.2 cm³/mol. The normalized spacial score (nSPS) is 10.0. The number of hydrogen-bond acceptors (Lipinski definition) is 5. The minimum Gasteiger partial charge on any atom is -0.497 e. The lowest BCUT2D eigenvalue weighted by Gasteiger charge is -2.06. The first-order chi connectivity index (χ1) is 8.31. The van der Waals surface area contributed by atoms with Crippen LogP contribution in [-0.4, -0.2) is 17.1 Å². The summed E-state index contributed by atoms with van der Waals surface area (Å²) in [5, 5.41) is 3.10. The van der Waals surface area contributed by atoms with E-state index in [0.717, 1.165) is 17.1 Å². The second-order valence-corrected chi connectivity index (χ2v) is 3.43. The first kappa shape index (κ1) is 11.3. The monoisotopic (exact) mass is 230 g/mol. The van der Waals surface area contributed by atoms with Crippen molar-refractivity contribution in [1.29, 1.82) is 0 Å². The van der Waals surface area contributed by atoms with Crippen LogP contribution in [0.1, 0.15) is 5.69 Å². The van der Waals surface area contributed by atoms with E-state index in [4.69, 9.17) is 10.5 Å². The zero-order valence-corrected chi connectivity index (χ0v) is 9.55. The minimum atomic E-state index is 0.403. The zero-order valence-electron chi connectivity index (χ0n) is 9.55. The number of nitrogens with one attached hydrogen (secondary N) is 1. The van der Waals surface area contributed by atoms with Gasteiger partial charge in [-0.05, 0) is 30.3 Å². The van der Waals surface area contributed by atoms with E-state index >= 15 is 0 Å². The van der Waals surface area contributed by atoms with Crippen LogP contribution in [0.15, 0.2) is 36.5 Å². The highest BCUT2D eigenvalue weighted by atomic mass is 16.5. The van der Waals surface area contributed by atoms with E-state index in [1.807, 2.05) is 24.3 Å². The molecule has 5 nitrogen and oxygen atoms in total. The van der Waals surface area contributed by atoms with Crippen molar-refractivity contribution in [3.63, 3.8) is 0 Å². The van der Waals surface area contributed by atoms with Gasteiger partial charge in [0.05, 0.1) is 12.8 Å². The van der Waals surface area contributed by atoms with Crippen LogP contribution >= 0.6 is 0 Å². The molecule has 3 N–H and O–H groups in total. The Morgan fingerprint density at radius 1 is 1.24 bits per heavy atom. The average molecular weight is 230 g/mol. The molecule has 0 aliphatic rings. The molecule has 2 aromatic rings. The van der Waals surface area contributed by atoms with Crippen molar-refractivity contribution >= 4 is 11.6 Å². The number of rotatable bonds is 4. The third-order valence-electron chi connectivity index (χ3n) is 2.27. The summed E-state index contributed by atoms with van der Waals surface area (Å²) in [7, 11) is 1.64. The van der Waals surface area contributed by atoms with Gasteiger partial charge < -0.3 is 15.8 Å². The van der Waals surface area contributed by atoms with Gasteiger partial charge in [0, 0.05) is 18.4 Å². The molecular formula is C12H14N4O. The summed E-state index contributed by atoms with van der Waals surface area (Å²) in [6, 6.07) is 9.33. The van der Waals surface area contributed by atoms with Gasteiger partial charge in [0.1, 0.15) is 5.75 Å².